The van der Waals surface area contributed by atoms with Crippen LogP contribution in [0.3, 0.4) is 0 Å². The lowest BCUT2D eigenvalue weighted by molar-refractivity contribution is 0.0297. The number of carbonyl (C=O) groups is 1. The van der Waals surface area contributed by atoms with Crippen molar-refractivity contribution in [2.45, 2.75) is 31.7 Å². The minimum atomic E-state index is -3.66. The number of aryl methyl sites for hydroxylation is 3. The number of amides is 1. The summed E-state index contributed by atoms with van der Waals surface area (Å²) >= 11 is 0. The van der Waals surface area contributed by atoms with E-state index in [0.717, 1.165) is 16.8 Å². The van der Waals surface area contributed by atoms with Crippen molar-refractivity contribution < 1.29 is 17.9 Å². The lowest BCUT2D eigenvalue weighted by Gasteiger charge is -2.29. The average molecular weight is 419 g/mol. The molecule has 8 nitrogen and oxygen atoms in total. The number of hydrogen-bond donors (Lipinski definition) is 0. The predicted octanol–water partition coefficient (Wildman–Crippen LogP) is 1.26. The van der Waals surface area contributed by atoms with Gasteiger partial charge in [0.15, 0.2) is 5.69 Å². The highest BCUT2D eigenvalue weighted by Gasteiger charge is 2.35. The smallest absolute Gasteiger partial charge is 0.274 e. The summed E-state index contributed by atoms with van der Waals surface area (Å²) in [5, 5.41) is 4.45. The van der Waals surface area contributed by atoms with Crippen LogP contribution in [0.1, 0.15) is 32.9 Å². The largest absolute Gasteiger partial charge is 0.378 e. The molecule has 29 heavy (non-hydrogen) atoms. The van der Waals surface area contributed by atoms with Crippen LogP contribution in [-0.2, 0) is 34.8 Å². The normalized spacial score (nSPS) is 18.0. The second kappa shape index (κ2) is 7.55. The van der Waals surface area contributed by atoms with Gasteiger partial charge in [-0.25, -0.2) is 8.42 Å². The van der Waals surface area contributed by atoms with E-state index in [2.05, 4.69) is 5.10 Å². The molecule has 1 aromatic carbocycles. The van der Waals surface area contributed by atoms with Gasteiger partial charge in [0.05, 0.1) is 18.1 Å². The van der Waals surface area contributed by atoms with Crippen molar-refractivity contribution in [3.63, 3.8) is 0 Å². The highest BCUT2D eigenvalue weighted by molar-refractivity contribution is 7.89. The molecule has 1 amide bonds. The maximum absolute atomic E-state index is 13.3. The third-order valence-corrected chi connectivity index (χ3v) is 7.66. The third kappa shape index (κ3) is 3.58. The van der Waals surface area contributed by atoms with Gasteiger partial charge in [-0.3, -0.25) is 9.48 Å². The Morgan fingerprint density at radius 3 is 2.55 bits per heavy atom. The molecule has 2 aliphatic heterocycles. The van der Waals surface area contributed by atoms with E-state index in [1.807, 2.05) is 33.0 Å². The van der Waals surface area contributed by atoms with Gasteiger partial charge in [0.1, 0.15) is 0 Å². The zero-order chi connectivity index (χ0) is 20.8. The zero-order valence-corrected chi connectivity index (χ0v) is 17.8. The van der Waals surface area contributed by atoms with Gasteiger partial charge >= 0.3 is 0 Å². The molecule has 0 unspecified atom stereocenters. The summed E-state index contributed by atoms with van der Waals surface area (Å²) in [6, 6.07) is 5.35. The SMILES string of the molecule is Cc1ccc(S(=O)(=O)N2CCc3c(c(C(=O)N4CCOCC4)nn3C)C2)c(C)c1. The number of carbonyl (C=O) groups excluding carboxylic acids is 1. The standard InChI is InChI=1S/C20H26N4O4S/c1-14-4-5-18(15(2)12-14)29(26,27)24-7-6-17-16(13-24)19(21-22(17)3)20(25)23-8-10-28-11-9-23/h4-5,12H,6-11,13H2,1-3H3. The minimum absolute atomic E-state index is 0.157. The van der Waals surface area contributed by atoms with Crippen molar-refractivity contribution in [2.75, 3.05) is 32.8 Å². The van der Waals surface area contributed by atoms with Crippen molar-refractivity contribution in [3.05, 3.63) is 46.3 Å². The lowest BCUT2D eigenvalue weighted by atomic mass is 10.1. The number of nitrogens with zero attached hydrogens (tertiary/aromatic N) is 4. The van der Waals surface area contributed by atoms with Gasteiger partial charge in [-0.1, -0.05) is 17.7 Å². The number of morpholine rings is 1. The number of ether oxygens (including phenoxy) is 1. The van der Waals surface area contributed by atoms with E-state index in [4.69, 9.17) is 4.74 Å². The maximum atomic E-state index is 13.3. The molecule has 0 saturated carbocycles. The van der Waals surface area contributed by atoms with E-state index in [1.165, 1.54) is 4.31 Å². The van der Waals surface area contributed by atoms with Crippen LogP contribution in [0.15, 0.2) is 23.1 Å². The molecular weight excluding hydrogens is 392 g/mol. The first kappa shape index (κ1) is 20.1. The molecule has 1 aromatic heterocycles. The third-order valence-electron chi connectivity index (χ3n) is 5.66. The van der Waals surface area contributed by atoms with Crippen molar-refractivity contribution in [1.29, 1.82) is 0 Å². The Balaban J connectivity index is 1.66. The first-order chi connectivity index (χ1) is 13.8. The Hall–Kier alpha value is -2.23. The van der Waals surface area contributed by atoms with Gasteiger partial charge in [0.2, 0.25) is 10.0 Å². The second-order valence-corrected chi connectivity index (χ2v) is 9.57. The molecule has 2 aliphatic rings. The molecule has 2 aromatic rings. The van der Waals surface area contributed by atoms with E-state index >= 15 is 0 Å². The fourth-order valence-electron chi connectivity index (χ4n) is 4.09. The van der Waals surface area contributed by atoms with Crippen molar-refractivity contribution >= 4 is 15.9 Å². The van der Waals surface area contributed by atoms with Crippen LogP contribution in [0.4, 0.5) is 0 Å². The predicted molar refractivity (Wildman–Crippen MR) is 107 cm³/mol. The fraction of sp³-hybridized carbons (Fsp3) is 0.500. The summed E-state index contributed by atoms with van der Waals surface area (Å²) < 4.78 is 35.1. The Labute approximate surface area is 171 Å². The molecule has 1 fully saturated rings. The molecule has 0 aliphatic carbocycles. The summed E-state index contributed by atoms with van der Waals surface area (Å²) in [6.45, 7) is 6.34. The van der Waals surface area contributed by atoms with Gasteiger partial charge in [0, 0.05) is 50.9 Å². The summed E-state index contributed by atoms with van der Waals surface area (Å²) in [6.07, 6.45) is 0.527. The highest BCUT2D eigenvalue weighted by atomic mass is 32.2. The van der Waals surface area contributed by atoms with E-state index in [0.29, 0.717) is 55.4 Å². The Morgan fingerprint density at radius 1 is 1.14 bits per heavy atom. The second-order valence-electron chi connectivity index (χ2n) is 7.66. The number of aromatic nitrogens is 2. The summed E-state index contributed by atoms with van der Waals surface area (Å²) in [4.78, 5) is 15.1. The van der Waals surface area contributed by atoms with Crippen molar-refractivity contribution in [1.82, 2.24) is 19.0 Å². The van der Waals surface area contributed by atoms with Gasteiger partial charge in [-0.15, -0.1) is 0 Å². The van der Waals surface area contributed by atoms with Gasteiger partial charge in [0.25, 0.3) is 5.91 Å². The number of sulfonamides is 1. The minimum Gasteiger partial charge on any atom is -0.378 e. The lowest BCUT2D eigenvalue weighted by Crippen LogP contribution is -2.42. The monoisotopic (exact) mass is 418 g/mol. The topological polar surface area (TPSA) is 84.7 Å². The molecular formula is C20H26N4O4S. The van der Waals surface area contributed by atoms with Crippen molar-refractivity contribution in [2.24, 2.45) is 7.05 Å². The number of benzene rings is 1. The van der Waals surface area contributed by atoms with Gasteiger partial charge in [-0.05, 0) is 25.5 Å². The number of hydrogen-bond acceptors (Lipinski definition) is 5. The van der Waals surface area contributed by atoms with Crippen LogP contribution in [0, 0.1) is 13.8 Å². The number of fused-ring (bicyclic) bond motifs is 1. The van der Waals surface area contributed by atoms with Crippen molar-refractivity contribution in [3.8, 4) is 0 Å². The molecule has 1 saturated heterocycles. The highest BCUT2D eigenvalue weighted by Crippen LogP contribution is 2.29. The molecule has 156 valence electrons. The summed E-state index contributed by atoms with van der Waals surface area (Å²) in [5.41, 5.74) is 3.74. The first-order valence-electron chi connectivity index (χ1n) is 9.78. The van der Waals surface area contributed by atoms with Crippen LogP contribution in [0.5, 0.6) is 0 Å². The zero-order valence-electron chi connectivity index (χ0n) is 17.0. The van der Waals surface area contributed by atoms with E-state index in [9.17, 15) is 13.2 Å². The Kier molecular flexibility index (Phi) is 5.22. The van der Waals surface area contributed by atoms with Crippen LogP contribution < -0.4 is 0 Å². The van der Waals surface area contributed by atoms with E-state index in [-0.39, 0.29) is 12.5 Å². The quantitative estimate of drug-likeness (QED) is 0.749. The molecule has 9 heteroatoms. The molecule has 0 radical (unpaired) electrons. The summed E-state index contributed by atoms with van der Waals surface area (Å²) in [5.74, 6) is -0.157. The Bertz CT molecular complexity index is 1050. The first-order valence-corrected chi connectivity index (χ1v) is 11.2. The fourth-order valence-corrected chi connectivity index (χ4v) is 5.70. The molecule has 0 spiro atoms. The average Bonchev–Trinajstić information content (AvgIpc) is 3.04. The van der Waals surface area contributed by atoms with E-state index < -0.39 is 10.0 Å². The van der Waals surface area contributed by atoms with Gasteiger partial charge in [-0.2, -0.15) is 9.40 Å². The maximum Gasteiger partial charge on any atom is 0.274 e. The molecule has 4 rings (SSSR count). The molecule has 0 bridgehead atoms. The van der Waals surface area contributed by atoms with Crippen LogP contribution in [0.2, 0.25) is 0 Å². The Morgan fingerprint density at radius 2 is 1.86 bits per heavy atom. The number of rotatable bonds is 3. The molecule has 0 atom stereocenters. The van der Waals surface area contributed by atoms with Crippen LogP contribution >= 0.6 is 0 Å². The molecule has 3 heterocycles. The van der Waals surface area contributed by atoms with Crippen LogP contribution in [-0.4, -0.2) is 66.2 Å². The van der Waals surface area contributed by atoms with E-state index in [1.54, 1.807) is 15.6 Å². The van der Waals surface area contributed by atoms with Gasteiger partial charge < -0.3 is 9.64 Å². The molecule has 0 N–H and O–H groups in total. The van der Waals surface area contributed by atoms with Crippen LogP contribution in [0.25, 0.3) is 0 Å². The summed E-state index contributed by atoms with van der Waals surface area (Å²) in [7, 11) is -1.85.